The van der Waals surface area contributed by atoms with E-state index >= 15 is 0 Å². The van der Waals surface area contributed by atoms with E-state index in [1.54, 1.807) is 12.4 Å². The Morgan fingerprint density at radius 1 is 1.46 bits per heavy atom. The monoisotopic (exact) mass is 201 g/mol. The molecule has 0 bridgehead atoms. The van der Waals surface area contributed by atoms with E-state index in [2.05, 4.69) is 9.97 Å². The van der Waals surface area contributed by atoms with Crippen molar-refractivity contribution in [3.63, 3.8) is 0 Å². The summed E-state index contributed by atoms with van der Waals surface area (Å²) in [5, 5.41) is 9.28. The highest BCUT2D eigenvalue weighted by atomic mass is 35.5. The third-order valence-electron chi connectivity index (χ3n) is 1.64. The summed E-state index contributed by atoms with van der Waals surface area (Å²) in [6.07, 6.45) is 3.09. The fourth-order valence-corrected chi connectivity index (χ4v) is 1.09. The lowest BCUT2D eigenvalue weighted by atomic mass is 10.5. The average molecular weight is 202 g/mol. The molecule has 13 heavy (non-hydrogen) atoms. The number of nitrogens with zero attached hydrogens (tertiary/aromatic N) is 3. The van der Waals surface area contributed by atoms with Crippen molar-refractivity contribution in [1.82, 2.24) is 9.97 Å². The van der Waals surface area contributed by atoms with Crippen molar-refractivity contribution in [1.29, 1.82) is 0 Å². The standard InChI is InChI=1S/C8H12ClN3O/c1-2-12(3-4-13)8-10-5-7(9)6-11-8/h5-6,13H,2-4H2,1H3. The van der Waals surface area contributed by atoms with Crippen LogP contribution in [0.1, 0.15) is 6.92 Å². The zero-order chi connectivity index (χ0) is 9.68. The molecule has 0 aliphatic carbocycles. The molecular weight excluding hydrogens is 190 g/mol. The van der Waals surface area contributed by atoms with Crippen LogP contribution in [-0.2, 0) is 0 Å². The van der Waals surface area contributed by atoms with Gasteiger partial charge in [-0.15, -0.1) is 0 Å². The van der Waals surface area contributed by atoms with Gasteiger partial charge in [-0.3, -0.25) is 0 Å². The van der Waals surface area contributed by atoms with Gasteiger partial charge in [0.15, 0.2) is 0 Å². The molecule has 0 aliphatic rings. The molecule has 0 atom stereocenters. The summed E-state index contributed by atoms with van der Waals surface area (Å²) in [6, 6.07) is 0. The first-order chi connectivity index (χ1) is 6.27. The highest BCUT2D eigenvalue weighted by Crippen LogP contribution is 2.09. The summed E-state index contributed by atoms with van der Waals surface area (Å²) in [5.74, 6) is 0.598. The van der Waals surface area contributed by atoms with Crippen LogP contribution in [-0.4, -0.2) is 34.8 Å². The van der Waals surface area contributed by atoms with E-state index in [9.17, 15) is 0 Å². The second-order valence-electron chi connectivity index (χ2n) is 2.50. The van der Waals surface area contributed by atoms with Gasteiger partial charge in [-0.05, 0) is 6.92 Å². The van der Waals surface area contributed by atoms with Crippen molar-refractivity contribution in [2.24, 2.45) is 0 Å². The summed E-state index contributed by atoms with van der Waals surface area (Å²) in [4.78, 5) is 9.95. The highest BCUT2D eigenvalue weighted by Gasteiger charge is 2.05. The van der Waals surface area contributed by atoms with Gasteiger partial charge in [0.1, 0.15) is 0 Å². The second kappa shape index (κ2) is 4.99. The fourth-order valence-electron chi connectivity index (χ4n) is 0.989. The molecule has 0 spiro atoms. The second-order valence-corrected chi connectivity index (χ2v) is 2.94. The van der Waals surface area contributed by atoms with Gasteiger partial charge in [0.25, 0.3) is 0 Å². The van der Waals surface area contributed by atoms with Crippen molar-refractivity contribution in [2.75, 3.05) is 24.6 Å². The maximum absolute atomic E-state index is 8.76. The van der Waals surface area contributed by atoms with Gasteiger partial charge in [-0.1, -0.05) is 11.6 Å². The minimum absolute atomic E-state index is 0.0971. The topological polar surface area (TPSA) is 49.2 Å². The van der Waals surface area contributed by atoms with Crippen LogP contribution in [0.2, 0.25) is 5.02 Å². The Kier molecular flexibility index (Phi) is 3.92. The molecule has 0 fully saturated rings. The van der Waals surface area contributed by atoms with Crippen molar-refractivity contribution < 1.29 is 5.11 Å². The number of aliphatic hydroxyl groups is 1. The molecule has 0 saturated carbocycles. The number of rotatable bonds is 4. The van der Waals surface area contributed by atoms with Gasteiger partial charge in [0.05, 0.1) is 24.0 Å². The predicted octanol–water partition coefficient (Wildman–Crippen LogP) is 0.949. The van der Waals surface area contributed by atoms with Crippen LogP contribution in [0.4, 0.5) is 5.95 Å². The molecule has 0 aliphatic heterocycles. The Morgan fingerprint density at radius 2 is 2.08 bits per heavy atom. The third-order valence-corrected chi connectivity index (χ3v) is 1.84. The number of hydrogen-bond donors (Lipinski definition) is 1. The SMILES string of the molecule is CCN(CCO)c1ncc(Cl)cn1. The number of aromatic nitrogens is 2. The van der Waals surface area contributed by atoms with Crippen LogP contribution in [0.3, 0.4) is 0 Å². The van der Waals surface area contributed by atoms with Crippen LogP contribution >= 0.6 is 11.6 Å². The Balaban J connectivity index is 2.73. The van der Waals surface area contributed by atoms with Crippen LogP contribution in [0, 0.1) is 0 Å². The quantitative estimate of drug-likeness (QED) is 0.788. The zero-order valence-corrected chi connectivity index (χ0v) is 8.20. The molecular formula is C8H12ClN3O. The van der Waals surface area contributed by atoms with Gasteiger partial charge in [0, 0.05) is 13.1 Å². The molecule has 72 valence electrons. The van der Waals surface area contributed by atoms with Crippen molar-refractivity contribution >= 4 is 17.5 Å². The van der Waals surface area contributed by atoms with E-state index in [1.807, 2.05) is 11.8 Å². The largest absolute Gasteiger partial charge is 0.395 e. The van der Waals surface area contributed by atoms with Gasteiger partial charge in [0.2, 0.25) is 5.95 Å². The van der Waals surface area contributed by atoms with E-state index in [0.717, 1.165) is 6.54 Å². The van der Waals surface area contributed by atoms with Crippen LogP contribution in [0.25, 0.3) is 0 Å². The molecule has 0 unspecified atom stereocenters. The maximum atomic E-state index is 8.76. The van der Waals surface area contributed by atoms with Crippen LogP contribution in [0.5, 0.6) is 0 Å². The van der Waals surface area contributed by atoms with Crippen LogP contribution < -0.4 is 4.90 Å². The lowest BCUT2D eigenvalue weighted by molar-refractivity contribution is 0.301. The van der Waals surface area contributed by atoms with Gasteiger partial charge < -0.3 is 10.0 Å². The highest BCUT2D eigenvalue weighted by molar-refractivity contribution is 6.30. The number of halogens is 1. The molecule has 1 heterocycles. The van der Waals surface area contributed by atoms with Crippen molar-refractivity contribution in [3.8, 4) is 0 Å². The first kappa shape index (κ1) is 10.2. The number of anilines is 1. The number of likely N-dealkylation sites (N-methyl/N-ethyl adjacent to an activating group) is 1. The summed E-state index contributed by atoms with van der Waals surface area (Å²) in [5.41, 5.74) is 0. The molecule has 4 nitrogen and oxygen atoms in total. The Hall–Kier alpha value is -0.870. The Bertz CT molecular complexity index is 252. The summed E-state index contributed by atoms with van der Waals surface area (Å²) in [7, 11) is 0. The van der Waals surface area contributed by atoms with Gasteiger partial charge in [-0.25, -0.2) is 9.97 Å². The maximum Gasteiger partial charge on any atom is 0.225 e. The van der Waals surface area contributed by atoms with Crippen molar-refractivity contribution in [3.05, 3.63) is 17.4 Å². The molecule has 0 aromatic carbocycles. The normalized spacial score (nSPS) is 10.1. The summed E-state index contributed by atoms with van der Waals surface area (Å²) >= 11 is 5.64. The molecule has 0 saturated heterocycles. The summed E-state index contributed by atoms with van der Waals surface area (Å²) < 4.78 is 0. The van der Waals surface area contributed by atoms with E-state index in [1.165, 1.54) is 0 Å². The first-order valence-electron chi connectivity index (χ1n) is 4.11. The number of aliphatic hydroxyl groups excluding tert-OH is 1. The predicted molar refractivity (Wildman–Crippen MR) is 52.0 cm³/mol. The van der Waals surface area contributed by atoms with E-state index in [4.69, 9.17) is 16.7 Å². The molecule has 1 aromatic rings. The summed E-state index contributed by atoms with van der Waals surface area (Å²) in [6.45, 7) is 3.38. The lowest BCUT2D eigenvalue weighted by Crippen LogP contribution is -2.27. The minimum atomic E-state index is 0.0971. The smallest absolute Gasteiger partial charge is 0.225 e. The van der Waals surface area contributed by atoms with Crippen LogP contribution in [0.15, 0.2) is 12.4 Å². The van der Waals surface area contributed by atoms with E-state index in [-0.39, 0.29) is 6.61 Å². The Morgan fingerprint density at radius 3 is 2.54 bits per heavy atom. The molecule has 1 N–H and O–H groups in total. The Labute approximate surface area is 82.2 Å². The zero-order valence-electron chi connectivity index (χ0n) is 7.44. The third kappa shape index (κ3) is 2.82. The van der Waals surface area contributed by atoms with E-state index in [0.29, 0.717) is 17.5 Å². The van der Waals surface area contributed by atoms with Gasteiger partial charge in [-0.2, -0.15) is 0 Å². The fraction of sp³-hybridized carbons (Fsp3) is 0.500. The molecule has 5 heteroatoms. The van der Waals surface area contributed by atoms with Crippen molar-refractivity contribution in [2.45, 2.75) is 6.92 Å². The molecule has 1 rings (SSSR count). The number of hydrogen-bond acceptors (Lipinski definition) is 4. The molecule has 0 radical (unpaired) electrons. The minimum Gasteiger partial charge on any atom is -0.395 e. The first-order valence-corrected chi connectivity index (χ1v) is 4.49. The average Bonchev–Trinajstić information content (AvgIpc) is 2.16. The van der Waals surface area contributed by atoms with Gasteiger partial charge >= 0.3 is 0 Å². The molecule has 1 aromatic heterocycles. The van der Waals surface area contributed by atoms with E-state index < -0.39 is 0 Å². The lowest BCUT2D eigenvalue weighted by Gasteiger charge is -2.18. The molecule has 0 amide bonds.